The summed E-state index contributed by atoms with van der Waals surface area (Å²) in [5.74, 6) is 0.817. The maximum Gasteiger partial charge on any atom is 0.191 e. The molecule has 2 N–H and O–H groups in total. The zero-order valence-corrected chi connectivity index (χ0v) is 14.5. The minimum absolute atomic E-state index is 0.458. The highest BCUT2D eigenvalue weighted by atomic mass is 32.1. The number of ether oxygens (including phenoxy) is 1. The first-order valence-electron chi connectivity index (χ1n) is 8.24. The second-order valence-electron chi connectivity index (χ2n) is 5.70. The fourth-order valence-electron chi connectivity index (χ4n) is 2.68. The van der Waals surface area contributed by atoms with Crippen molar-refractivity contribution >= 4 is 17.3 Å². The number of rotatable bonds is 6. The molecule has 0 unspecified atom stereocenters. The van der Waals surface area contributed by atoms with Gasteiger partial charge in [0, 0.05) is 18.5 Å². The molecule has 0 spiro atoms. The molecule has 0 saturated heterocycles. The van der Waals surface area contributed by atoms with Crippen LogP contribution in [0.4, 0.5) is 0 Å². The number of aliphatic imine (C=N–C) groups is 1. The molecule has 1 fully saturated rings. The number of thiazole rings is 1. The van der Waals surface area contributed by atoms with Crippen LogP contribution in [0.5, 0.6) is 0 Å². The fraction of sp³-hybridized carbons (Fsp3) is 0.750. The van der Waals surface area contributed by atoms with E-state index in [4.69, 9.17) is 4.74 Å². The van der Waals surface area contributed by atoms with Gasteiger partial charge in [-0.15, -0.1) is 11.3 Å². The third-order valence-electron chi connectivity index (χ3n) is 4.04. The maximum absolute atomic E-state index is 5.97. The Hall–Kier alpha value is -1.14. The van der Waals surface area contributed by atoms with E-state index in [1.54, 1.807) is 18.4 Å². The maximum atomic E-state index is 5.97. The Bertz CT molecular complexity index is 453. The van der Waals surface area contributed by atoms with Gasteiger partial charge in [0.1, 0.15) is 0 Å². The summed E-state index contributed by atoms with van der Waals surface area (Å²) in [6.07, 6.45) is 8.26. The van der Waals surface area contributed by atoms with Crippen molar-refractivity contribution in [1.29, 1.82) is 0 Å². The summed E-state index contributed by atoms with van der Waals surface area (Å²) in [6.45, 7) is 4.33. The van der Waals surface area contributed by atoms with Gasteiger partial charge in [-0.05, 0) is 19.8 Å². The Kier molecular flexibility index (Phi) is 7.66. The van der Waals surface area contributed by atoms with Crippen molar-refractivity contribution in [2.75, 3.05) is 20.2 Å². The predicted octanol–water partition coefficient (Wildman–Crippen LogP) is 2.86. The molecule has 0 aliphatic heterocycles. The van der Waals surface area contributed by atoms with Crippen LogP contribution in [0, 0.1) is 6.92 Å². The molecule has 5 nitrogen and oxygen atoms in total. The lowest BCUT2D eigenvalue weighted by Crippen LogP contribution is -2.38. The van der Waals surface area contributed by atoms with Crippen LogP contribution < -0.4 is 10.6 Å². The van der Waals surface area contributed by atoms with E-state index < -0.39 is 0 Å². The molecule has 0 radical (unpaired) electrons. The van der Waals surface area contributed by atoms with Gasteiger partial charge < -0.3 is 15.4 Å². The molecule has 1 aliphatic carbocycles. The third kappa shape index (κ3) is 5.93. The SMILES string of the molecule is CN=C(NCCOC1CCCCCC1)NCc1scnc1C. The lowest BCUT2D eigenvalue weighted by atomic mass is 10.1. The highest BCUT2D eigenvalue weighted by Gasteiger charge is 2.12. The van der Waals surface area contributed by atoms with Gasteiger partial charge in [-0.1, -0.05) is 25.7 Å². The van der Waals surface area contributed by atoms with E-state index in [-0.39, 0.29) is 0 Å². The van der Waals surface area contributed by atoms with Crippen molar-refractivity contribution in [3.05, 3.63) is 16.1 Å². The van der Waals surface area contributed by atoms with Crippen molar-refractivity contribution in [2.24, 2.45) is 4.99 Å². The molecular weight excluding hydrogens is 296 g/mol. The monoisotopic (exact) mass is 324 g/mol. The molecule has 6 heteroatoms. The first-order valence-corrected chi connectivity index (χ1v) is 9.12. The number of hydrogen-bond donors (Lipinski definition) is 2. The summed E-state index contributed by atoms with van der Waals surface area (Å²) in [5, 5.41) is 6.62. The predicted molar refractivity (Wildman–Crippen MR) is 92.5 cm³/mol. The minimum atomic E-state index is 0.458. The average molecular weight is 324 g/mol. The van der Waals surface area contributed by atoms with Crippen molar-refractivity contribution in [2.45, 2.75) is 58.1 Å². The first-order chi connectivity index (χ1) is 10.8. The van der Waals surface area contributed by atoms with E-state index in [0.29, 0.717) is 6.10 Å². The van der Waals surface area contributed by atoms with Crippen LogP contribution in [0.15, 0.2) is 10.5 Å². The van der Waals surface area contributed by atoms with Gasteiger partial charge >= 0.3 is 0 Å². The van der Waals surface area contributed by atoms with Crippen LogP contribution in [0.2, 0.25) is 0 Å². The molecule has 1 heterocycles. The molecule has 1 saturated carbocycles. The normalized spacial score (nSPS) is 17.3. The van der Waals surface area contributed by atoms with Crippen molar-refractivity contribution in [1.82, 2.24) is 15.6 Å². The van der Waals surface area contributed by atoms with Crippen LogP contribution >= 0.6 is 11.3 Å². The van der Waals surface area contributed by atoms with E-state index in [1.807, 2.05) is 12.4 Å². The molecule has 1 aliphatic rings. The summed E-state index contributed by atoms with van der Waals surface area (Å²) in [5.41, 5.74) is 2.97. The molecule has 2 rings (SSSR count). The smallest absolute Gasteiger partial charge is 0.191 e. The highest BCUT2D eigenvalue weighted by molar-refractivity contribution is 7.09. The Balaban J connectivity index is 1.61. The van der Waals surface area contributed by atoms with Gasteiger partial charge in [0.15, 0.2) is 5.96 Å². The Morgan fingerprint density at radius 3 is 2.73 bits per heavy atom. The van der Waals surface area contributed by atoms with E-state index in [1.165, 1.54) is 43.4 Å². The second-order valence-corrected chi connectivity index (χ2v) is 6.64. The molecule has 1 aromatic heterocycles. The van der Waals surface area contributed by atoms with Crippen molar-refractivity contribution in [3.8, 4) is 0 Å². The Labute approximate surface area is 137 Å². The summed E-state index contributed by atoms with van der Waals surface area (Å²) >= 11 is 1.67. The van der Waals surface area contributed by atoms with Gasteiger partial charge in [0.25, 0.3) is 0 Å². The molecular formula is C16H28N4OS. The van der Waals surface area contributed by atoms with Crippen molar-refractivity contribution in [3.63, 3.8) is 0 Å². The Morgan fingerprint density at radius 1 is 1.32 bits per heavy atom. The summed E-state index contributed by atoms with van der Waals surface area (Å²) in [4.78, 5) is 9.74. The zero-order chi connectivity index (χ0) is 15.6. The van der Waals surface area contributed by atoms with Gasteiger partial charge in [-0.3, -0.25) is 4.99 Å². The number of aromatic nitrogens is 1. The summed E-state index contributed by atoms with van der Waals surface area (Å²) in [6, 6.07) is 0. The quantitative estimate of drug-likeness (QED) is 0.366. The van der Waals surface area contributed by atoms with Crippen LogP contribution in [-0.2, 0) is 11.3 Å². The average Bonchev–Trinajstić information content (AvgIpc) is 2.77. The fourth-order valence-corrected chi connectivity index (χ4v) is 3.40. The van der Waals surface area contributed by atoms with Crippen LogP contribution in [0.3, 0.4) is 0 Å². The van der Waals surface area contributed by atoms with Gasteiger partial charge in [0.05, 0.1) is 30.5 Å². The number of aryl methyl sites for hydroxylation is 1. The zero-order valence-electron chi connectivity index (χ0n) is 13.7. The molecule has 1 aromatic rings. The number of nitrogens with zero attached hydrogens (tertiary/aromatic N) is 2. The summed E-state index contributed by atoms with van der Waals surface area (Å²) < 4.78 is 5.97. The molecule has 0 bridgehead atoms. The standard InChI is InChI=1S/C16H28N4OS/c1-13-15(22-12-20-13)11-19-16(17-2)18-9-10-21-14-7-5-3-4-6-8-14/h12,14H,3-11H2,1-2H3,(H2,17,18,19). The number of nitrogens with one attached hydrogen (secondary N) is 2. The Morgan fingerprint density at radius 2 is 2.09 bits per heavy atom. The lowest BCUT2D eigenvalue weighted by Gasteiger charge is -2.16. The number of hydrogen-bond acceptors (Lipinski definition) is 4. The van der Waals surface area contributed by atoms with Crippen LogP contribution in [-0.4, -0.2) is 37.2 Å². The highest BCUT2D eigenvalue weighted by Crippen LogP contribution is 2.19. The van der Waals surface area contributed by atoms with E-state index in [2.05, 4.69) is 20.6 Å². The molecule has 22 heavy (non-hydrogen) atoms. The largest absolute Gasteiger partial charge is 0.376 e. The molecule has 0 amide bonds. The van der Waals surface area contributed by atoms with Gasteiger partial charge in [-0.2, -0.15) is 0 Å². The van der Waals surface area contributed by atoms with Crippen LogP contribution in [0.1, 0.15) is 49.1 Å². The van der Waals surface area contributed by atoms with E-state index in [9.17, 15) is 0 Å². The summed E-state index contributed by atoms with van der Waals surface area (Å²) in [7, 11) is 1.79. The molecule has 0 aromatic carbocycles. The lowest BCUT2D eigenvalue weighted by molar-refractivity contribution is 0.0468. The number of guanidine groups is 1. The van der Waals surface area contributed by atoms with Crippen molar-refractivity contribution < 1.29 is 4.74 Å². The van der Waals surface area contributed by atoms with Gasteiger partial charge in [0.2, 0.25) is 0 Å². The topological polar surface area (TPSA) is 58.5 Å². The second kappa shape index (κ2) is 9.79. The first kappa shape index (κ1) is 17.2. The van der Waals surface area contributed by atoms with Crippen LogP contribution in [0.25, 0.3) is 0 Å². The van der Waals surface area contributed by atoms with E-state index in [0.717, 1.165) is 31.3 Å². The third-order valence-corrected chi connectivity index (χ3v) is 4.97. The molecule has 0 atom stereocenters. The van der Waals surface area contributed by atoms with Gasteiger partial charge in [-0.25, -0.2) is 4.98 Å². The van der Waals surface area contributed by atoms with E-state index >= 15 is 0 Å². The molecule has 124 valence electrons. The minimum Gasteiger partial charge on any atom is -0.376 e.